The molecule has 2 N–H and O–H groups in total. The molecule has 0 aliphatic carbocycles. The maximum Gasteiger partial charge on any atom is 0.417 e. The molecular formula is C5H6O6. The van der Waals surface area contributed by atoms with Crippen molar-refractivity contribution in [2.75, 3.05) is 6.61 Å². The topological polar surface area (TPSA) is 101 Å². The zero-order valence-corrected chi connectivity index (χ0v) is 5.44. The van der Waals surface area contributed by atoms with Gasteiger partial charge < -0.3 is 14.9 Å². The Balaban J connectivity index is 3.47. The van der Waals surface area contributed by atoms with Crippen LogP contribution in [0, 0.1) is 0 Å². The Morgan fingerprint density at radius 1 is 1.18 bits per heavy atom. The number of carboxylic acids is 2. The van der Waals surface area contributed by atoms with Crippen LogP contribution in [0.3, 0.4) is 0 Å². The van der Waals surface area contributed by atoms with Crippen molar-refractivity contribution in [3.05, 3.63) is 0 Å². The number of carbonyl (C=O) groups is 3. The molecule has 11 heavy (non-hydrogen) atoms. The average molecular weight is 162 g/mol. The third kappa shape index (κ3) is 4.89. The fourth-order valence-electron chi connectivity index (χ4n) is 0.293. The lowest BCUT2D eigenvalue weighted by atomic mass is 10.5. The summed E-state index contributed by atoms with van der Waals surface area (Å²) in [6, 6.07) is 0. The number of hydrogen-bond donors (Lipinski definition) is 2. The van der Waals surface area contributed by atoms with Crippen LogP contribution < -0.4 is 0 Å². The zero-order valence-electron chi connectivity index (χ0n) is 5.44. The molecule has 0 aromatic heterocycles. The van der Waals surface area contributed by atoms with Crippen LogP contribution in [0.25, 0.3) is 0 Å². The highest BCUT2D eigenvalue weighted by molar-refractivity contribution is 6.28. The van der Waals surface area contributed by atoms with Gasteiger partial charge in [-0.25, -0.2) is 9.59 Å². The van der Waals surface area contributed by atoms with E-state index in [9.17, 15) is 14.4 Å². The van der Waals surface area contributed by atoms with Crippen molar-refractivity contribution in [2.24, 2.45) is 0 Å². The smallest absolute Gasteiger partial charge is 0.417 e. The SMILES string of the molecule is O=C(O)CCOC(=O)C(=O)O. The van der Waals surface area contributed by atoms with Gasteiger partial charge in [0, 0.05) is 0 Å². The second kappa shape index (κ2) is 4.26. The summed E-state index contributed by atoms with van der Waals surface area (Å²) in [7, 11) is 0. The zero-order chi connectivity index (χ0) is 8.85. The molecular weight excluding hydrogens is 156 g/mol. The number of carboxylic acid groups (broad SMARTS) is 2. The van der Waals surface area contributed by atoms with Gasteiger partial charge in [0.05, 0.1) is 6.42 Å². The van der Waals surface area contributed by atoms with E-state index >= 15 is 0 Å². The molecule has 0 aromatic carbocycles. The lowest BCUT2D eigenvalue weighted by Gasteiger charge is -1.96. The van der Waals surface area contributed by atoms with E-state index < -0.39 is 24.5 Å². The van der Waals surface area contributed by atoms with Crippen molar-refractivity contribution in [1.29, 1.82) is 0 Å². The van der Waals surface area contributed by atoms with E-state index in [1.807, 2.05) is 0 Å². The van der Waals surface area contributed by atoms with Gasteiger partial charge in [0.1, 0.15) is 6.61 Å². The van der Waals surface area contributed by atoms with Gasteiger partial charge in [-0.3, -0.25) is 4.79 Å². The molecule has 0 saturated carbocycles. The third-order valence-electron chi connectivity index (χ3n) is 0.724. The Bertz CT molecular complexity index is 183. The summed E-state index contributed by atoms with van der Waals surface area (Å²) in [4.78, 5) is 29.7. The van der Waals surface area contributed by atoms with Crippen LogP contribution in [-0.4, -0.2) is 34.7 Å². The maximum absolute atomic E-state index is 10.1. The first-order valence-corrected chi connectivity index (χ1v) is 2.66. The summed E-state index contributed by atoms with van der Waals surface area (Å²) < 4.78 is 3.99. The Morgan fingerprint density at radius 2 is 1.73 bits per heavy atom. The van der Waals surface area contributed by atoms with Crippen LogP contribution in [0.1, 0.15) is 6.42 Å². The Kier molecular flexibility index (Phi) is 3.65. The summed E-state index contributed by atoms with van der Waals surface area (Å²) in [5, 5.41) is 16.0. The van der Waals surface area contributed by atoms with Crippen molar-refractivity contribution in [2.45, 2.75) is 6.42 Å². The van der Waals surface area contributed by atoms with E-state index in [0.717, 1.165) is 0 Å². The summed E-state index contributed by atoms with van der Waals surface area (Å²) >= 11 is 0. The van der Waals surface area contributed by atoms with Crippen LogP contribution in [0.15, 0.2) is 0 Å². The molecule has 6 nitrogen and oxygen atoms in total. The lowest BCUT2D eigenvalue weighted by Crippen LogP contribution is -2.17. The molecule has 0 radical (unpaired) electrons. The second-order valence-electron chi connectivity index (χ2n) is 1.58. The minimum Gasteiger partial charge on any atom is -0.481 e. The van der Waals surface area contributed by atoms with E-state index in [1.54, 1.807) is 0 Å². The van der Waals surface area contributed by atoms with Crippen molar-refractivity contribution in [3.8, 4) is 0 Å². The third-order valence-corrected chi connectivity index (χ3v) is 0.724. The number of aliphatic carboxylic acids is 2. The van der Waals surface area contributed by atoms with Crippen LogP contribution >= 0.6 is 0 Å². The number of rotatable bonds is 3. The molecule has 0 saturated heterocycles. The fraction of sp³-hybridized carbons (Fsp3) is 0.400. The number of carbonyl (C=O) groups excluding carboxylic acids is 1. The summed E-state index contributed by atoms with van der Waals surface area (Å²) in [5.41, 5.74) is 0. The summed E-state index contributed by atoms with van der Waals surface area (Å²) in [6.07, 6.45) is -0.390. The van der Waals surface area contributed by atoms with Crippen molar-refractivity contribution < 1.29 is 29.3 Å². The quantitative estimate of drug-likeness (QED) is 0.411. The van der Waals surface area contributed by atoms with Crippen molar-refractivity contribution in [1.82, 2.24) is 0 Å². The first kappa shape index (κ1) is 9.41. The highest BCUT2D eigenvalue weighted by atomic mass is 16.6. The minimum absolute atomic E-state index is 0.390. The summed E-state index contributed by atoms with van der Waals surface area (Å²) in [6.45, 7) is -0.416. The molecule has 0 unspecified atom stereocenters. The number of hydrogen-bond acceptors (Lipinski definition) is 4. The van der Waals surface area contributed by atoms with Gasteiger partial charge in [0.25, 0.3) is 0 Å². The van der Waals surface area contributed by atoms with E-state index in [1.165, 1.54) is 0 Å². The van der Waals surface area contributed by atoms with Gasteiger partial charge in [-0.05, 0) is 0 Å². The van der Waals surface area contributed by atoms with Crippen molar-refractivity contribution >= 4 is 17.9 Å². The van der Waals surface area contributed by atoms with Gasteiger partial charge in [0.2, 0.25) is 0 Å². The van der Waals surface area contributed by atoms with Crippen molar-refractivity contribution in [3.63, 3.8) is 0 Å². The first-order chi connectivity index (χ1) is 5.04. The molecule has 0 rings (SSSR count). The van der Waals surface area contributed by atoms with Crippen LogP contribution in [0.5, 0.6) is 0 Å². The molecule has 0 fully saturated rings. The van der Waals surface area contributed by atoms with Gasteiger partial charge in [-0.15, -0.1) is 0 Å². The molecule has 0 aliphatic rings. The van der Waals surface area contributed by atoms with Gasteiger partial charge >= 0.3 is 17.9 Å². The number of esters is 1. The predicted octanol–water partition coefficient (Wildman–Crippen LogP) is -0.911. The lowest BCUT2D eigenvalue weighted by molar-refractivity contribution is -0.164. The van der Waals surface area contributed by atoms with E-state index in [-0.39, 0.29) is 6.42 Å². The molecule has 0 aromatic rings. The standard InChI is InChI=1S/C5H6O6/c6-3(7)1-2-11-5(10)4(8)9/h1-2H2,(H,6,7)(H,8,9). The Morgan fingerprint density at radius 3 is 2.09 bits per heavy atom. The van der Waals surface area contributed by atoms with Crippen LogP contribution in [0.2, 0.25) is 0 Å². The fourth-order valence-corrected chi connectivity index (χ4v) is 0.293. The Hall–Kier alpha value is -1.59. The molecule has 0 bridgehead atoms. The minimum atomic E-state index is -1.73. The monoisotopic (exact) mass is 162 g/mol. The predicted molar refractivity (Wildman–Crippen MR) is 30.8 cm³/mol. The van der Waals surface area contributed by atoms with Crippen LogP contribution in [0.4, 0.5) is 0 Å². The highest BCUT2D eigenvalue weighted by Gasteiger charge is 2.12. The van der Waals surface area contributed by atoms with Gasteiger partial charge in [0.15, 0.2) is 0 Å². The van der Waals surface area contributed by atoms with Crippen LogP contribution in [-0.2, 0) is 19.1 Å². The molecule has 62 valence electrons. The second-order valence-corrected chi connectivity index (χ2v) is 1.58. The summed E-state index contributed by atoms with van der Waals surface area (Å²) in [5.74, 6) is -4.31. The van der Waals surface area contributed by atoms with E-state index in [0.29, 0.717) is 0 Å². The number of ether oxygens (including phenoxy) is 1. The molecule has 0 spiro atoms. The van der Waals surface area contributed by atoms with E-state index in [2.05, 4.69) is 4.74 Å². The molecule has 0 atom stereocenters. The maximum atomic E-state index is 10.1. The molecule has 0 aliphatic heterocycles. The molecule has 0 amide bonds. The Labute approximate surface area is 61.4 Å². The molecule has 0 heterocycles. The average Bonchev–Trinajstić information content (AvgIpc) is 1.86. The molecule has 6 heteroatoms. The van der Waals surface area contributed by atoms with E-state index in [4.69, 9.17) is 10.2 Å². The highest BCUT2D eigenvalue weighted by Crippen LogP contribution is 1.83. The largest absolute Gasteiger partial charge is 0.481 e. The first-order valence-electron chi connectivity index (χ1n) is 2.66. The van der Waals surface area contributed by atoms with Gasteiger partial charge in [-0.2, -0.15) is 0 Å². The van der Waals surface area contributed by atoms with Gasteiger partial charge in [-0.1, -0.05) is 0 Å². The normalized spacial score (nSPS) is 8.73.